The zero-order valence-electron chi connectivity index (χ0n) is 19.4. The van der Waals surface area contributed by atoms with Crippen LogP contribution in [0, 0.1) is 0 Å². The average molecular weight is 543 g/mol. The maximum Gasteiger partial charge on any atom is 0.337 e. The number of aromatic nitrogens is 2. The molecule has 0 fully saturated rings. The number of nitrogens with zero attached hydrogens (tertiary/aromatic N) is 2. The third-order valence-electron chi connectivity index (χ3n) is 5.62. The number of hydrogen-bond acceptors (Lipinski definition) is 9. The van der Waals surface area contributed by atoms with Crippen LogP contribution in [0.2, 0.25) is 0 Å². The molecule has 3 aromatic carbocycles. The third-order valence-corrected chi connectivity index (χ3v) is 7.92. The Morgan fingerprint density at radius 3 is 1.70 bits per heavy atom. The van der Waals surface area contributed by atoms with Gasteiger partial charge in [0.2, 0.25) is 0 Å². The summed E-state index contributed by atoms with van der Waals surface area (Å²) in [5.74, 6) is 1.89. The van der Waals surface area contributed by atoms with Crippen molar-refractivity contribution in [1.82, 2.24) is 8.75 Å². The highest BCUT2D eigenvalue weighted by atomic mass is 32.1. The van der Waals surface area contributed by atoms with Gasteiger partial charge < -0.3 is 14.2 Å². The first kappa shape index (κ1) is 23.4. The van der Waals surface area contributed by atoms with E-state index in [9.17, 15) is 4.79 Å². The Morgan fingerprint density at radius 2 is 1.22 bits per heavy atom. The van der Waals surface area contributed by atoms with Crippen molar-refractivity contribution in [1.29, 1.82) is 0 Å². The van der Waals surface area contributed by atoms with Gasteiger partial charge in [-0.15, -0.1) is 22.7 Å². The van der Waals surface area contributed by atoms with E-state index in [0.29, 0.717) is 28.6 Å². The molecule has 0 unspecified atom stereocenters. The Balaban J connectivity index is 1.62. The molecule has 0 bridgehead atoms. The van der Waals surface area contributed by atoms with Crippen LogP contribution in [-0.2, 0) is 4.74 Å². The predicted molar refractivity (Wildman–Crippen MR) is 148 cm³/mol. The number of hydrogen-bond donors (Lipinski definition) is 0. The van der Waals surface area contributed by atoms with Gasteiger partial charge in [-0.3, -0.25) is 0 Å². The predicted octanol–water partition coefficient (Wildman–Crippen LogP) is 8.52. The number of fused-ring (bicyclic) bond motifs is 1. The van der Waals surface area contributed by atoms with Crippen LogP contribution in [0.4, 0.5) is 0 Å². The molecule has 9 heteroatoms. The van der Waals surface area contributed by atoms with Crippen molar-refractivity contribution in [3.8, 4) is 43.9 Å². The maximum atomic E-state index is 11.9. The Morgan fingerprint density at radius 1 is 0.676 bits per heavy atom. The molecule has 0 atom stereocenters. The molecule has 0 saturated heterocycles. The second kappa shape index (κ2) is 10.1. The number of rotatable bonds is 7. The molecule has 182 valence electrons. The number of carbonyl (C=O) groups is 1. The van der Waals surface area contributed by atoms with Crippen LogP contribution in [0.1, 0.15) is 10.4 Å². The first-order valence-electron chi connectivity index (χ1n) is 11.2. The molecule has 0 aliphatic heterocycles. The Bertz CT molecular complexity index is 1660. The van der Waals surface area contributed by atoms with Crippen molar-refractivity contribution >= 4 is 51.4 Å². The van der Waals surface area contributed by atoms with E-state index in [1.807, 2.05) is 65.4 Å². The summed E-state index contributed by atoms with van der Waals surface area (Å²) in [5.41, 5.74) is 3.58. The lowest BCUT2D eigenvalue weighted by Crippen LogP contribution is -2.01. The van der Waals surface area contributed by atoms with E-state index in [1.165, 1.54) is 7.11 Å². The molecule has 0 spiro atoms. The summed E-state index contributed by atoms with van der Waals surface area (Å²) in [6.07, 6.45) is 0. The maximum absolute atomic E-state index is 11.9. The summed E-state index contributed by atoms with van der Waals surface area (Å²) >= 11 is 4.35. The standard InChI is InChI=1S/C28H18N2O4S3/c1-32-28(31)17-11-13-19(14-12-17)34-27-23(21-10-6-16-36-21)25-24(29-37-30-25)22(20-9-5-15-35-20)26(27)33-18-7-3-2-4-8-18/h2-16H,1H3. The number of thiophene rings is 2. The quantitative estimate of drug-likeness (QED) is 0.188. The molecule has 6 rings (SSSR count). The van der Waals surface area contributed by atoms with E-state index in [0.717, 1.165) is 43.6 Å². The molecule has 3 aromatic heterocycles. The number of ether oxygens (including phenoxy) is 3. The largest absolute Gasteiger partial charge is 0.465 e. The average Bonchev–Trinajstić information content (AvgIpc) is 3.73. The molecule has 6 aromatic rings. The summed E-state index contributed by atoms with van der Waals surface area (Å²) in [4.78, 5) is 13.9. The van der Waals surface area contributed by atoms with Crippen LogP contribution < -0.4 is 9.47 Å². The van der Waals surface area contributed by atoms with Crippen LogP contribution in [-0.4, -0.2) is 21.8 Å². The van der Waals surface area contributed by atoms with Crippen molar-refractivity contribution in [2.24, 2.45) is 0 Å². The molecule has 0 N–H and O–H groups in total. The van der Waals surface area contributed by atoms with Gasteiger partial charge in [0.05, 0.1) is 35.5 Å². The first-order valence-corrected chi connectivity index (χ1v) is 13.7. The van der Waals surface area contributed by atoms with Crippen molar-refractivity contribution in [3.63, 3.8) is 0 Å². The van der Waals surface area contributed by atoms with Crippen LogP contribution in [0.3, 0.4) is 0 Å². The number of methoxy groups -OCH3 is 1. The lowest BCUT2D eigenvalue weighted by molar-refractivity contribution is 0.0600. The van der Waals surface area contributed by atoms with Crippen LogP contribution in [0.15, 0.2) is 89.6 Å². The van der Waals surface area contributed by atoms with E-state index in [2.05, 4.69) is 4.37 Å². The highest BCUT2D eigenvalue weighted by Gasteiger charge is 2.29. The Kier molecular flexibility index (Phi) is 6.40. The smallest absolute Gasteiger partial charge is 0.337 e. The van der Waals surface area contributed by atoms with Gasteiger partial charge in [0.25, 0.3) is 0 Å². The summed E-state index contributed by atoms with van der Waals surface area (Å²) < 4.78 is 27.4. The molecule has 0 radical (unpaired) electrons. The fraction of sp³-hybridized carbons (Fsp3) is 0.0357. The lowest BCUT2D eigenvalue weighted by Gasteiger charge is -2.19. The van der Waals surface area contributed by atoms with Crippen molar-refractivity contribution in [2.75, 3.05) is 7.11 Å². The van der Waals surface area contributed by atoms with Crippen LogP contribution in [0.5, 0.6) is 23.0 Å². The second-order valence-electron chi connectivity index (χ2n) is 7.86. The fourth-order valence-electron chi connectivity index (χ4n) is 3.95. The van der Waals surface area contributed by atoms with Gasteiger partial charge in [-0.2, -0.15) is 8.75 Å². The zero-order chi connectivity index (χ0) is 25.2. The number of carbonyl (C=O) groups excluding carboxylic acids is 1. The van der Waals surface area contributed by atoms with Crippen LogP contribution in [0.25, 0.3) is 31.9 Å². The monoisotopic (exact) mass is 542 g/mol. The molecule has 0 saturated carbocycles. The normalized spacial score (nSPS) is 10.9. The summed E-state index contributed by atoms with van der Waals surface area (Å²) in [7, 11) is 1.36. The molecule has 3 heterocycles. The summed E-state index contributed by atoms with van der Waals surface area (Å²) in [5, 5.41) is 4.04. The van der Waals surface area contributed by atoms with Gasteiger partial charge in [0.15, 0.2) is 11.5 Å². The Labute approximate surface area is 224 Å². The lowest BCUT2D eigenvalue weighted by atomic mass is 10.0. The van der Waals surface area contributed by atoms with Crippen LogP contribution >= 0.6 is 34.4 Å². The zero-order valence-corrected chi connectivity index (χ0v) is 21.9. The van der Waals surface area contributed by atoms with E-state index in [4.69, 9.17) is 18.6 Å². The van der Waals surface area contributed by atoms with Gasteiger partial charge >= 0.3 is 5.97 Å². The fourth-order valence-corrected chi connectivity index (χ4v) is 6.05. The molecule has 0 aliphatic carbocycles. The van der Waals surface area contributed by atoms with Gasteiger partial charge in [-0.1, -0.05) is 30.3 Å². The first-order chi connectivity index (χ1) is 18.2. The van der Waals surface area contributed by atoms with E-state index >= 15 is 0 Å². The molecular weight excluding hydrogens is 525 g/mol. The minimum absolute atomic E-state index is 0.408. The van der Waals surface area contributed by atoms with E-state index in [-0.39, 0.29) is 0 Å². The minimum atomic E-state index is -0.408. The van der Waals surface area contributed by atoms with E-state index < -0.39 is 5.97 Å². The molecular formula is C28H18N2O4S3. The van der Waals surface area contributed by atoms with Crippen molar-refractivity contribution < 1.29 is 19.0 Å². The van der Waals surface area contributed by atoms with Crippen molar-refractivity contribution in [2.45, 2.75) is 0 Å². The van der Waals surface area contributed by atoms with Gasteiger partial charge in [-0.05, 0) is 59.3 Å². The highest BCUT2D eigenvalue weighted by molar-refractivity contribution is 7.14. The van der Waals surface area contributed by atoms with Gasteiger partial charge in [-0.25, -0.2) is 4.79 Å². The van der Waals surface area contributed by atoms with Gasteiger partial charge in [0.1, 0.15) is 22.5 Å². The summed E-state index contributed by atoms with van der Waals surface area (Å²) in [6, 6.07) is 24.5. The second-order valence-corrected chi connectivity index (χ2v) is 10.3. The Hall–Kier alpha value is -4.05. The van der Waals surface area contributed by atoms with Gasteiger partial charge in [0, 0.05) is 9.75 Å². The topological polar surface area (TPSA) is 70.5 Å². The number of para-hydroxylation sites is 1. The van der Waals surface area contributed by atoms with Crippen molar-refractivity contribution in [3.05, 3.63) is 95.2 Å². The highest BCUT2D eigenvalue weighted by Crippen LogP contribution is 2.54. The minimum Gasteiger partial charge on any atom is -0.465 e. The molecule has 6 nitrogen and oxygen atoms in total. The molecule has 37 heavy (non-hydrogen) atoms. The third kappa shape index (κ3) is 4.48. The number of benzene rings is 3. The molecule has 0 amide bonds. The summed E-state index contributed by atoms with van der Waals surface area (Å²) in [6.45, 7) is 0. The SMILES string of the molecule is COC(=O)c1ccc(Oc2c(Oc3ccccc3)c(-c3cccs3)c3nsnc3c2-c2cccs2)cc1. The van der Waals surface area contributed by atoms with E-state index in [1.54, 1.807) is 46.9 Å². The number of esters is 1. The molecule has 0 aliphatic rings.